The van der Waals surface area contributed by atoms with Gasteiger partial charge in [-0.2, -0.15) is 0 Å². The van der Waals surface area contributed by atoms with Crippen LogP contribution < -0.4 is 0 Å². The Labute approximate surface area is 163 Å². The third-order valence-corrected chi connectivity index (χ3v) is 6.72. The summed E-state index contributed by atoms with van der Waals surface area (Å²) < 4.78 is 5.18. The molecular formula is C23H34O4. The third kappa shape index (κ3) is 3.76. The number of aromatic carboxylic acids is 1. The van der Waals surface area contributed by atoms with Crippen LogP contribution in [0, 0.1) is 11.3 Å². The van der Waals surface area contributed by atoms with E-state index in [1.807, 2.05) is 32.9 Å². The summed E-state index contributed by atoms with van der Waals surface area (Å²) in [7, 11) is 1.46. The van der Waals surface area contributed by atoms with E-state index in [0.717, 1.165) is 43.2 Å². The lowest BCUT2D eigenvalue weighted by molar-refractivity contribution is -0.161. The number of benzene rings is 1. The minimum atomic E-state index is -0.886. The molecule has 1 fully saturated rings. The number of carbonyl (C=O) groups is 2. The van der Waals surface area contributed by atoms with Crippen LogP contribution in [0.25, 0.3) is 0 Å². The van der Waals surface area contributed by atoms with E-state index in [9.17, 15) is 14.7 Å². The summed E-state index contributed by atoms with van der Waals surface area (Å²) in [5.74, 6) is -0.773. The van der Waals surface area contributed by atoms with Gasteiger partial charge in [0, 0.05) is 0 Å². The largest absolute Gasteiger partial charge is 0.478 e. The molecule has 1 aromatic rings. The highest BCUT2D eigenvalue weighted by molar-refractivity contribution is 5.90. The third-order valence-electron chi connectivity index (χ3n) is 6.72. The van der Waals surface area contributed by atoms with Crippen LogP contribution >= 0.6 is 0 Å². The Balaban J connectivity index is 2.61. The maximum atomic E-state index is 12.7. The van der Waals surface area contributed by atoms with Crippen molar-refractivity contribution in [3.63, 3.8) is 0 Å². The number of esters is 1. The molecule has 0 radical (unpaired) electrons. The lowest BCUT2D eigenvalue weighted by Crippen LogP contribution is -2.50. The zero-order valence-corrected chi connectivity index (χ0v) is 17.6. The average molecular weight is 375 g/mol. The number of carboxylic acid groups (broad SMARTS) is 1. The van der Waals surface area contributed by atoms with Crippen molar-refractivity contribution >= 4 is 11.9 Å². The number of hydrogen-bond acceptors (Lipinski definition) is 3. The fourth-order valence-corrected chi connectivity index (χ4v) is 5.22. The summed E-state index contributed by atoms with van der Waals surface area (Å²) in [6, 6.07) is 5.89. The van der Waals surface area contributed by atoms with E-state index in [4.69, 9.17) is 4.74 Å². The van der Waals surface area contributed by atoms with Gasteiger partial charge in [0.25, 0.3) is 0 Å². The number of ether oxygens (including phenoxy) is 1. The number of methoxy groups -OCH3 is 1. The van der Waals surface area contributed by atoms with Gasteiger partial charge in [0.15, 0.2) is 0 Å². The molecule has 4 nitrogen and oxygen atoms in total. The SMILES string of the molecule is CCCC1C(C)(C(=O)OC)CCCC1(C)c1ccc(C(C)C)c(C(=O)O)c1. The number of hydrogen-bond donors (Lipinski definition) is 1. The van der Waals surface area contributed by atoms with Crippen molar-refractivity contribution in [1.82, 2.24) is 0 Å². The first kappa shape index (κ1) is 21.5. The van der Waals surface area contributed by atoms with Gasteiger partial charge in [0.1, 0.15) is 0 Å². The predicted molar refractivity (Wildman–Crippen MR) is 107 cm³/mol. The molecule has 2 rings (SSSR count). The summed E-state index contributed by atoms with van der Waals surface area (Å²) in [5, 5.41) is 9.75. The second-order valence-electron chi connectivity index (χ2n) is 8.78. The van der Waals surface area contributed by atoms with E-state index >= 15 is 0 Å². The van der Waals surface area contributed by atoms with Gasteiger partial charge in [-0.1, -0.05) is 52.7 Å². The quantitative estimate of drug-likeness (QED) is 0.664. The van der Waals surface area contributed by atoms with Crippen LogP contribution in [-0.2, 0) is 14.9 Å². The first-order valence-electron chi connectivity index (χ1n) is 10.1. The summed E-state index contributed by atoms with van der Waals surface area (Å²) >= 11 is 0. The molecule has 150 valence electrons. The molecule has 0 saturated heterocycles. The van der Waals surface area contributed by atoms with Gasteiger partial charge in [0.2, 0.25) is 0 Å². The fraction of sp³-hybridized carbons (Fsp3) is 0.652. The molecule has 1 saturated carbocycles. The highest BCUT2D eigenvalue weighted by atomic mass is 16.5. The van der Waals surface area contributed by atoms with Crippen LogP contribution in [0.5, 0.6) is 0 Å². The highest BCUT2D eigenvalue weighted by Crippen LogP contribution is 2.55. The van der Waals surface area contributed by atoms with Gasteiger partial charge in [-0.15, -0.1) is 0 Å². The van der Waals surface area contributed by atoms with E-state index in [2.05, 4.69) is 19.9 Å². The monoisotopic (exact) mass is 374 g/mol. The fourth-order valence-electron chi connectivity index (χ4n) is 5.22. The lowest BCUT2D eigenvalue weighted by Gasteiger charge is -2.51. The number of rotatable bonds is 6. The molecular weight excluding hydrogens is 340 g/mol. The molecule has 1 N–H and O–H groups in total. The van der Waals surface area contributed by atoms with Crippen molar-refractivity contribution in [2.45, 2.75) is 78.1 Å². The van der Waals surface area contributed by atoms with Gasteiger partial charge in [-0.3, -0.25) is 4.79 Å². The number of carboxylic acids is 1. The normalized spacial score (nSPS) is 28.2. The Hall–Kier alpha value is -1.84. The first-order chi connectivity index (χ1) is 12.6. The average Bonchev–Trinajstić information content (AvgIpc) is 2.63. The van der Waals surface area contributed by atoms with E-state index in [1.54, 1.807) is 0 Å². The molecule has 0 aromatic heterocycles. The molecule has 27 heavy (non-hydrogen) atoms. The zero-order valence-electron chi connectivity index (χ0n) is 17.6. The predicted octanol–water partition coefficient (Wildman–Crippen LogP) is 5.55. The van der Waals surface area contributed by atoms with Crippen LogP contribution in [0.3, 0.4) is 0 Å². The molecule has 0 amide bonds. The highest BCUT2D eigenvalue weighted by Gasteiger charge is 2.53. The van der Waals surface area contributed by atoms with Crippen molar-refractivity contribution in [2.24, 2.45) is 11.3 Å². The molecule has 0 bridgehead atoms. The Morgan fingerprint density at radius 1 is 1.26 bits per heavy atom. The Bertz CT molecular complexity index is 708. The minimum absolute atomic E-state index is 0.114. The van der Waals surface area contributed by atoms with Gasteiger partial charge in [0.05, 0.1) is 18.1 Å². The van der Waals surface area contributed by atoms with E-state index in [0.29, 0.717) is 5.56 Å². The van der Waals surface area contributed by atoms with Crippen LogP contribution in [0.2, 0.25) is 0 Å². The molecule has 3 unspecified atom stereocenters. The smallest absolute Gasteiger partial charge is 0.335 e. The number of carbonyl (C=O) groups excluding carboxylic acids is 1. The second kappa shape index (κ2) is 8.04. The van der Waals surface area contributed by atoms with Crippen molar-refractivity contribution < 1.29 is 19.4 Å². The molecule has 0 spiro atoms. The van der Waals surface area contributed by atoms with E-state index in [1.165, 1.54) is 7.11 Å². The maximum absolute atomic E-state index is 12.7. The van der Waals surface area contributed by atoms with Gasteiger partial charge < -0.3 is 9.84 Å². The van der Waals surface area contributed by atoms with Gasteiger partial charge in [-0.25, -0.2) is 4.79 Å². The van der Waals surface area contributed by atoms with Crippen LogP contribution in [0.15, 0.2) is 18.2 Å². The van der Waals surface area contributed by atoms with Gasteiger partial charge >= 0.3 is 11.9 Å². The van der Waals surface area contributed by atoms with E-state index < -0.39 is 11.4 Å². The molecule has 1 aromatic carbocycles. The van der Waals surface area contributed by atoms with Crippen molar-refractivity contribution in [3.05, 3.63) is 34.9 Å². The summed E-state index contributed by atoms with van der Waals surface area (Å²) in [6.07, 6.45) is 4.58. The van der Waals surface area contributed by atoms with E-state index in [-0.39, 0.29) is 23.2 Å². The summed E-state index contributed by atoms with van der Waals surface area (Å²) in [4.78, 5) is 24.6. The Morgan fingerprint density at radius 2 is 1.93 bits per heavy atom. The summed E-state index contributed by atoms with van der Waals surface area (Å²) in [5.41, 5.74) is 1.46. The molecule has 0 heterocycles. The lowest BCUT2D eigenvalue weighted by atomic mass is 9.52. The van der Waals surface area contributed by atoms with Gasteiger partial charge in [-0.05, 0) is 60.6 Å². The zero-order chi connectivity index (χ0) is 20.4. The Morgan fingerprint density at radius 3 is 2.44 bits per heavy atom. The standard InChI is InChI=1S/C23H34O4/c1-7-9-19-22(4,12-8-13-23(19,5)21(26)27-6)16-10-11-17(15(2)3)18(14-16)20(24)25/h10-11,14-15,19H,7-9,12-13H2,1-6H3,(H,24,25). The van der Waals surface area contributed by atoms with Crippen LogP contribution in [-0.4, -0.2) is 24.2 Å². The minimum Gasteiger partial charge on any atom is -0.478 e. The van der Waals surface area contributed by atoms with Crippen molar-refractivity contribution in [3.8, 4) is 0 Å². The molecule has 1 aliphatic rings. The first-order valence-corrected chi connectivity index (χ1v) is 10.1. The topological polar surface area (TPSA) is 63.6 Å². The maximum Gasteiger partial charge on any atom is 0.335 e. The summed E-state index contributed by atoms with van der Waals surface area (Å²) in [6.45, 7) is 10.4. The van der Waals surface area contributed by atoms with Crippen molar-refractivity contribution in [2.75, 3.05) is 7.11 Å². The molecule has 3 atom stereocenters. The molecule has 4 heteroatoms. The van der Waals surface area contributed by atoms with Crippen LogP contribution in [0.4, 0.5) is 0 Å². The molecule has 0 aliphatic heterocycles. The molecule has 1 aliphatic carbocycles. The second-order valence-corrected chi connectivity index (χ2v) is 8.78. The van der Waals surface area contributed by atoms with Crippen molar-refractivity contribution in [1.29, 1.82) is 0 Å². The Kier molecular flexibility index (Phi) is 6.39. The van der Waals surface area contributed by atoms with Crippen LogP contribution in [0.1, 0.15) is 94.1 Å².